The summed E-state index contributed by atoms with van der Waals surface area (Å²) in [5.41, 5.74) is -1.78. The van der Waals surface area contributed by atoms with Gasteiger partial charge < -0.3 is 23.9 Å². The Morgan fingerprint density at radius 2 is 2.09 bits per heavy atom. The molecule has 1 aromatic rings. The van der Waals surface area contributed by atoms with Gasteiger partial charge in [-0.3, -0.25) is 4.79 Å². The molecule has 0 radical (unpaired) electrons. The number of methoxy groups -OCH3 is 1. The third kappa shape index (κ3) is 3.72. The number of aromatic carboxylic acids is 1. The first kappa shape index (κ1) is 17.4. The van der Waals surface area contributed by atoms with Gasteiger partial charge in [-0.05, 0) is 6.42 Å². The average molecular weight is 311 g/mol. The fourth-order valence-corrected chi connectivity index (χ4v) is 1.78. The first-order valence-electron chi connectivity index (χ1n) is 6.63. The van der Waals surface area contributed by atoms with Crippen molar-refractivity contribution in [3.63, 3.8) is 0 Å². The summed E-state index contributed by atoms with van der Waals surface area (Å²) in [6.07, 6.45) is 2.80. The van der Waals surface area contributed by atoms with E-state index in [2.05, 4.69) is 4.74 Å². The molecule has 1 heterocycles. The minimum Gasteiger partial charge on any atom is -0.487 e. The molecular weight excluding hydrogens is 294 g/mol. The van der Waals surface area contributed by atoms with E-state index in [1.54, 1.807) is 0 Å². The predicted molar refractivity (Wildman–Crippen MR) is 75.5 cm³/mol. The van der Waals surface area contributed by atoms with Crippen LogP contribution in [0.3, 0.4) is 0 Å². The van der Waals surface area contributed by atoms with Crippen LogP contribution in [0.5, 0.6) is 5.75 Å². The highest BCUT2D eigenvalue weighted by Crippen LogP contribution is 2.17. The minimum atomic E-state index is -1.47. The summed E-state index contributed by atoms with van der Waals surface area (Å²) in [6, 6.07) is 0. The number of ether oxygens (including phenoxy) is 2. The third-order valence-corrected chi connectivity index (χ3v) is 2.86. The molecule has 0 aromatic carbocycles. The number of esters is 1. The summed E-state index contributed by atoms with van der Waals surface area (Å²) in [4.78, 5) is 45.9. The number of nitrogens with zero attached hydrogens (tertiary/aromatic N) is 1. The number of unbranched alkanes of at least 4 members (excludes halogenated alkanes) is 1. The van der Waals surface area contributed by atoms with Crippen LogP contribution in [-0.4, -0.2) is 41.6 Å². The maximum absolute atomic E-state index is 12.2. The fourth-order valence-electron chi connectivity index (χ4n) is 1.78. The quantitative estimate of drug-likeness (QED) is 0.427. The van der Waals surface area contributed by atoms with Gasteiger partial charge in [-0.2, -0.15) is 0 Å². The van der Waals surface area contributed by atoms with Gasteiger partial charge in [0.2, 0.25) is 5.43 Å². The molecular formula is C14H17NO7. The molecule has 0 unspecified atom stereocenters. The van der Waals surface area contributed by atoms with Gasteiger partial charge in [0.25, 0.3) is 0 Å². The Hall–Kier alpha value is -2.64. The first-order chi connectivity index (χ1) is 10.5. The molecule has 1 N–H and O–H groups in total. The van der Waals surface area contributed by atoms with Crippen LogP contribution in [-0.2, 0) is 16.1 Å². The number of carbonyl (C=O) groups excluding carboxylic acids is 2. The second-order valence-electron chi connectivity index (χ2n) is 4.37. The molecule has 0 spiro atoms. The molecule has 1 aromatic heterocycles. The van der Waals surface area contributed by atoms with Gasteiger partial charge in [-0.1, -0.05) is 13.3 Å². The molecule has 22 heavy (non-hydrogen) atoms. The van der Waals surface area contributed by atoms with Crippen molar-refractivity contribution in [2.75, 3.05) is 13.7 Å². The van der Waals surface area contributed by atoms with Crippen LogP contribution in [0.25, 0.3) is 0 Å². The van der Waals surface area contributed by atoms with Crippen LogP contribution >= 0.6 is 0 Å². The maximum atomic E-state index is 12.2. The van der Waals surface area contributed by atoms with Crippen molar-refractivity contribution >= 4 is 18.2 Å². The molecule has 0 aliphatic rings. The molecule has 0 aliphatic heterocycles. The molecule has 0 fully saturated rings. The van der Waals surface area contributed by atoms with Crippen molar-refractivity contribution in [1.82, 2.24) is 4.57 Å². The number of carboxylic acid groups (broad SMARTS) is 1. The molecule has 8 nitrogen and oxygen atoms in total. The van der Waals surface area contributed by atoms with E-state index in [1.165, 1.54) is 0 Å². The Bertz CT molecular complexity index is 633. The summed E-state index contributed by atoms with van der Waals surface area (Å²) in [5, 5.41) is 9.07. The molecule has 0 saturated heterocycles. The summed E-state index contributed by atoms with van der Waals surface area (Å²) < 4.78 is 10.9. The lowest BCUT2D eigenvalue weighted by molar-refractivity contribution is -0.108. The van der Waals surface area contributed by atoms with Crippen molar-refractivity contribution in [2.24, 2.45) is 0 Å². The van der Waals surface area contributed by atoms with E-state index >= 15 is 0 Å². The van der Waals surface area contributed by atoms with Crippen molar-refractivity contribution in [3.8, 4) is 5.75 Å². The molecule has 8 heteroatoms. The number of hydrogen-bond acceptors (Lipinski definition) is 6. The number of hydrogen-bond donors (Lipinski definition) is 1. The zero-order chi connectivity index (χ0) is 16.7. The molecule has 0 bridgehead atoms. The smallest absolute Gasteiger partial charge is 0.358 e. The van der Waals surface area contributed by atoms with Crippen molar-refractivity contribution in [2.45, 2.75) is 26.3 Å². The standard InChI is InChI=1S/C14H17NO7/c1-3-4-7-22-12-10(14(20)21-2)15(5-6-16)8-9(11(12)17)13(18)19/h6,8H,3-5,7H2,1-2H3,(H,18,19). The fraction of sp³-hybridized carbons (Fsp3) is 0.429. The monoisotopic (exact) mass is 311 g/mol. The van der Waals surface area contributed by atoms with E-state index in [4.69, 9.17) is 9.84 Å². The lowest BCUT2D eigenvalue weighted by atomic mass is 10.2. The minimum absolute atomic E-state index is 0.139. The number of pyridine rings is 1. The van der Waals surface area contributed by atoms with E-state index in [0.29, 0.717) is 12.7 Å². The third-order valence-electron chi connectivity index (χ3n) is 2.86. The SMILES string of the molecule is CCCCOc1c(C(=O)OC)n(CC=O)cc(C(=O)O)c1=O. The van der Waals surface area contributed by atoms with E-state index in [1.807, 2.05) is 6.92 Å². The van der Waals surface area contributed by atoms with Crippen molar-refractivity contribution < 1.29 is 29.0 Å². The predicted octanol–water partition coefficient (Wildman–Crippen LogP) is 0.711. The number of rotatable bonds is 8. The van der Waals surface area contributed by atoms with Gasteiger partial charge in [0, 0.05) is 6.20 Å². The Balaban J connectivity index is 3.56. The summed E-state index contributed by atoms with van der Waals surface area (Å²) in [5.74, 6) is -2.77. The van der Waals surface area contributed by atoms with Gasteiger partial charge in [-0.15, -0.1) is 0 Å². The van der Waals surface area contributed by atoms with E-state index in [9.17, 15) is 19.2 Å². The molecule has 1 rings (SSSR count). The largest absolute Gasteiger partial charge is 0.487 e. The molecule has 0 saturated carbocycles. The van der Waals surface area contributed by atoms with Gasteiger partial charge in [0.05, 0.1) is 20.3 Å². The van der Waals surface area contributed by atoms with Crippen LogP contribution in [0.4, 0.5) is 0 Å². The van der Waals surface area contributed by atoms with Crippen LogP contribution in [0.15, 0.2) is 11.0 Å². The highest BCUT2D eigenvalue weighted by Gasteiger charge is 2.25. The van der Waals surface area contributed by atoms with Gasteiger partial charge in [0.15, 0.2) is 11.4 Å². The zero-order valence-electron chi connectivity index (χ0n) is 12.3. The Labute approximate surface area is 126 Å². The Morgan fingerprint density at radius 3 is 2.59 bits per heavy atom. The van der Waals surface area contributed by atoms with E-state index in [-0.39, 0.29) is 18.8 Å². The van der Waals surface area contributed by atoms with Crippen LogP contribution in [0.1, 0.15) is 40.6 Å². The summed E-state index contributed by atoms with van der Waals surface area (Å²) >= 11 is 0. The highest BCUT2D eigenvalue weighted by atomic mass is 16.5. The van der Waals surface area contributed by atoms with Crippen molar-refractivity contribution in [1.29, 1.82) is 0 Å². The van der Waals surface area contributed by atoms with E-state index in [0.717, 1.165) is 24.3 Å². The number of aldehydes is 1. The summed E-state index contributed by atoms with van der Waals surface area (Å²) in [6.45, 7) is 1.73. The second-order valence-corrected chi connectivity index (χ2v) is 4.37. The number of aromatic nitrogens is 1. The second kappa shape index (κ2) is 7.96. The van der Waals surface area contributed by atoms with Crippen LogP contribution < -0.4 is 10.2 Å². The molecule has 120 valence electrons. The Kier molecular flexibility index (Phi) is 6.30. The molecule has 0 amide bonds. The lowest BCUT2D eigenvalue weighted by Crippen LogP contribution is -2.27. The Morgan fingerprint density at radius 1 is 1.41 bits per heavy atom. The van der Waals surface area contributed by atoms with Gasteiger partial charge >= 0.3 is 11.9 Å². The van der Waals surface area contributed by atoms with Gasteiger partial charge in [0.1, 0.15) is 11.8 Å². The lowest BCUT2D eigenvalue weighted by Gasteiger charge is -2.15. The number of carboxylic acids is 1. The van der Waals surface area contributed by atoms with Crippen LogP contribution in [0, 0.1) is 0 Å². The zero-order valence-corrected chi connectivity index (χ0v) is 12.3. The molecule has 0 atom stereocenters. The van der Waals surface area contributed by atoms with E-state index < -0.39 is 28.7 Å². The highest BCUT2D eigenvalue weighted by molar-refractivity contribution is 5.93. The number of carbonyl (C=O) groups is 3. The molecule has 0 aliphatic carbocycles. The topological polar surface area (TPSA) is 112 Å². The maximum Gasteiger partial charge on any atom is 0.358 e. The average Bonchev–Trinajstić information content (AvgIpc) is 2.49. The van der Waals surface area contributed by atoms with Gasteiger partial charge in [-0.25, -0.2) is 9.59 Å². The normalized spacial score (nSPS) is 10.1. The van der Waals surface area contributed by atoms with Crippen molar-refractivity contribution in [3.05, 3.63) is 27.7 Å². The first-order valence-corrected chi connectivity index (χ1v) is 6.63. The van der Waals surface area contributed by atoms with Crippen LogP contribution in [0.2, 0.25) is 0 Å². The summed E-state index contributed by atoms with van der Waals surface area (Å²) in [7, 11) is 1.11.